The summed E-state index contributed by atoms with van der Waals surface area (Å²) in [5.41, 5.74) is 1.49. The summed E-state index contributed by atoms with van der Waals surface area (Å²) in [5.74, 6) is 0. The summed E-state index contributed by atoms with van der Waals surface area (Å²) in [7, 11) is 0. The predicted molar refractivity (Wildman–Crippen MR) is 117 cm³/mol. The second-order valence-electron chi connectivity index (χ2n) is 6.45. The van der Waals surface area contributed by atoms with Gasteiger partial charge in [-0.05, 0) is 30.5 Å². The molecule has 1 N–H and O–H groups in total. The van der Waals surface area contributed by atoms with Gasteiger partial charge in [-0.15, -0.1) is 11.3 Å². The van der Waals surface area contributed by atoms with Crippen molar-refractivity contribution in [1.29, 1.82) is 0 Å². The molecule has 1 aromatic heterocycles. The molecule has 28 heavy (non-hydrogen) atoms. The molecule has 4 nitrogen and oxygen atoms in total. The average Bonchev–Trinajstić information content (AvgIpc) is 3.34. The number of thiazole rings is 1. The highest BCUT2D eigenvalue weighted by atomic mass is 35.5. The summed E-state index contributed by atoms with van der Waals surface area (Å²) in [6, 6.07) is 12.9. The molecule has 1 aliphatic heterocycles. The van der Waals surface area contributed by atoms with Gasteiger partial charge in [0, 0.05) is 17.8 Å². The lowest BCUT2D eigenvalue weighted by atomic mass is 10.2. The molecule has 2 heterocycles. The van der Waals surface area contributed by atoms with Crippen LogP contribution in [0, 0.1) is 0 Å². The van der Waals surface area contributed by atoms with Crippen LogP contribution in [0.25, 0.3) is 10.4 Å². The van der Waals surface area contributed by atoms with Crippen LogP contribution in [0.1, 0.15) is 23.9 Å². The second-order valence-corrected chi connectivity index (χ2v) is 8.77. The van der Waals surface area contributed by atoms with E-state index in [-0.39, 0.29) is 12.1 Å². The van der Waals surface area contributed by atoms with Crippen molar-refractivity contribution < 1.29 is 4.79 Å². The molecule has 0 radical (unpaired) electrons. The van der Waals surface area contributed by atoms with Gasteiger partial charge in [0.15, 0.2) is 0 Å². The highest BCUT2D eigenvalue weighted by Crippen LogP contribution is 2.39. The number of anilines is 1. The van der Waals surface area contributed by atoms with Gasteiger partial charge < -0.3 is 10.2 Å². The zero-order chi connectivity index (χ0) is 19.7. The van der Waals surface area contributed by atoms with Crippen LogP contribution in [-0.2, 0) is 0 Å². The number of nitrogens with zero attached hydrogens (tertiary/aromatic N) is 2. The van der Waals surface area contributed by atoms with E-state index in [1.807, 2.05) is 24.4 Å². The first kappa shape index (κ1) is 19.5. The van der Waals surface area contributed by atoms with Crippen molar-refractivity contribution in [1.82, 2.24) is 9.88 Å². The third kappa shape index (κ3) is 3.98. The Labute approximate surface area is 182 Å². The van der Waals surface area contributed by atoms with Crippen LogP contribution in [0.2, 0.25) is 15.1 Å². The monoisotopic (exact) mass is 451 g/mol. The Kier molecular flexibility index (Phi) is 5.78. The van der Waals surface area contributed by atoms with Gasteiger partial charge in [0.05, 0.1) is 26.7 Å². The fourth-order valence-electron chi connectivity index (χ4n) is 3.28. The summed E-state index contributed by atoms with van der Waals surface area (Å²) >= 11 is 20.0. The minimum absolute atomic E-state index is 0.0627. The van der Waals surface area contributed by atoms with Crippen molar-refractivity contribution >= 4 is 57.9 Å². The van der Waals surface area contributed by atoms with Gasteiger partial charge in [0.25, 0.3) is 0 Å². The number of halogens is 3. The number of benzene rings is 2. The highest BCUT2D eigenvalue weighted by molar-refractivity contribution is 7.15. The Morgan fingerprint density at radius 2 is 1.86 bits per heavy atom. The maximum atomic E-state index is 12.9. The number of likely N-dealkylation sites (tertiary alicyclic amines) is 1. The first-order valence-corrected chi connectivity index (χ1v) is 10.7. The van der Waals surface area contributed by atoms with Crippen LogP contribution < -0.4 is 5.32 Å². The van der Waals surface area contributed by atoms with Crippen LogP contribution in [-0.4, -0.2) is 22.5 Å². The number of aromatic nitrogens is 1. The van der Waals surface area contributed by atoms with E-state index < -0.39 is 0 Å². The van der Waals surface area contributed by atoms with Crippen molar-refractivity contribution in [2.24, 2.45) is 0 Å². The summed E-state index contributed by atoms with van der Waals surface area (Å²) in [5, 5.41) is 4.79. The molecule has 1 aliphatic rings. The van der Waals surface area contributed by atoms with Gasteiger partial charge in [-0.1, -0.05) is 65.1 Å². The summed E-state index contributed by atoms with van der Waals surface area (Å²) in [6.07, 6.45) is 3.66. The molecule has 0 spiro atoms. The van der Waals surface area contributed by atoms with Gasteiger partial charge in [0.1, 0.15) is 5.01 Å². The van der Waals surface area contributed by atoms with Gasteiger partial charge in [-0.3, -0.25) is 0 Å². The molecule has 2 amide bonds. The number of carbonyl (C=O) groups is 1. The lowest BCUT2D eigenvalue weighted by Gasteiger charge is -2.24. The van der Waals surface area contributed by atoms with Crippen LogP contribution in [0.4, 0.5) is 10.5 Å². The van der Waals surface area contributed by atoms with E-state index in [9.17, 15) is 4.79 Å². The number of carbonyl (C=O) groups excluding carboxylic acids is 1. The zero-order valence-electron chi connectivity index (χ0n) is 14.7. The first-order chi connectivity index (χ1) is 13.5. The van der Waals surface area contributed by atoms with Gasteiger partial charge in [-0.2, -0.15) is 0 Å². The first-order valence-electron chi connectivity index (χ1n) is 8.76. The number of nitrogens with one attached hydrogen (secondary N) is 1. The Hall–Kier alpha value is -1.79. The predicted octanol–water partition coefficient (Wildman–Crippen LogP) is 7.14. The number of hydrogen-bond donors (Lipinski definition) is 1. The van der Waals surface area contributed by atoms with Gasteiger partial charge >= 0.3 is 6.03 Å². The van der Waals surface area contributed by atoms with E-state index in [4.69, 9.17) is 34.8 Å². The standard InChI is InChI=1S/C20H16Cl3N3OS/c21-13-9-14(22)18(15(23)10-13)25-20(27)26-8-4-7-16(26)19-24-11-17(28-19)12-5-2-1-3-6-12/h1-3,5-6,9-11,16H,4,7-8H2,(H,25,27). The lowest BCUT2D eigenvalue weighted by Crippen LogP contribution is -2.34. The fourth-order valence-corrected chi connectivity index (χ4v) is 5.27. The van der Waals surface area contributed by atoms with E-state index in [2.05, 4.69) is 22.4 Å². The SMILES string of the molecule is O=C(Nc1c(Cl)cc(Cl)cc1Cl)N1CCCC1c1ncc(-c2ccccc2)s1. The second kappa shape index (κ2) is 8.29. The molecule has 3 aromatic rings. The molecular weight excluding hydrogens is 437 g/mol. The minimum Gasteiger partial charge on any atom is -0.315 e. The number of rotatable bonds is 3. The van der Waals surface area contributed by atoms with Crippen molar-refractivity contribution in [3.8, 4) is 10.4 Å². The van der Waals surface area contributed by atoms with E-state index >= 15 is 0 Å². The largest absolute Gasteiger partial charge is 0.322 e. The summed E-state index contributed by atoms with van der Waals surface area (Å²) in [4.78, 5) is 20.4. The van der Waals surface area contributed by atoms with Crippen molar-refractivity contribution in [2.45, 2.75) is 18.9 Å². The third-order valence-electron chi connectivity index (χ3n) is 4.62. The molecule has 1 unspecified atom stereocenters. The Morgan fingerprint density at radius 3 is 2.57 bits per heavy atom. The Bertz CT molecular complexity index is 986. The van der Waals surface area contributed by atoms with Crippen molar-refractivity contribution in [2.75, 3.05) is 11.9 Å². The molecular formula is C20H16Cl3N3OS. The van der Waals surface area contributed by atoms with Crippen LogP contribution in [0.5, 0.6) is 0 Å². The van der Waals surface area contributed by atoms with E-state index in [0.29, 0.717) is 27.3 Å². The number of hydrogen-bond acceptors (Lipinski definition) is 3. The molecule has 144 valence electrons. The molecule has 0 aliphatic carbocycles. The van der Waals surface area contributed by atoms with Crippen molar-refractivity contribution in [3.63, 3.8) is 0 Å². The van der Waals surface area contributed by atoms with Crippen LogP contribution in [0.15, 0.2) is 48.7 Å². The molecule has 1 saturated heterocycles. The summed E-state index contributed by atoms with van der Waals surface area (Å²) in [6.45, 7) is 0.652. The number of amides is 2. The Morgan fingerprint density at radius 1 is 1.14 bits per heavy atom. The van der Waals surface area contributed by atoms with Gasteiger partial charge in [0.2, 0.25) is 0 Å². The smallest absolute Gasteiger partial charge is 0.315 e. The molecule has 0 bridgehead atoms. The quantitative estimate of drug-likeness (QED) is 0.459. The van der Waals surface area contributed by atoms with Gasteiger partial charge in [-0.25, -0.2) is 9.78 Å². The normalized spacial score (nSPS) is 16.4. The average molecular weight is 453 g/mol. The lowest BCUT2D eigenvalue weighted by molar-refractivity contribution is 0.207. The number of urea groups is 1. The molecule has 2 aromatic carbocycles. The minimum atomic E-state index is -0.245. The van der Waals surface area contributed by atoms with Crippen LogP contribution >= 0.6 is 46.1 Å². The van der Waals surface area contributed by atoms with E-state index in [1.54, 1.807) is 28.4 Å². The van der Waals surface area contributed by atoms with Crippen molar-refractivity contribution in [3.05, 3.63) is 68.7 Å². The topological polar surface area (TPSA) is 45.2 Å². The molecule has 1 atom stereocenters. The Balaban J connectivity index is 1.54. The third-order valence-corrected chi connectivity index (χ3v) is 6.58. The van der Waals surface area contributed by atoms with E-state index in [0.717, 1.165) is 28.3 Å². The summed E-state index contributed by atoms with van der Waals surface area (Å²) < 4.78 is 0. The highest BCUT2D eigenvalue weighted by Gasteiger charge is 2.32. The van der Waals surface area contributed by atoms with Crippen LogP contribution in [0.3, 0.4) is 0 Å². The fraction of sp³-hybridized carbons (Fsp3) is 0.200. The molecule has 1 fully saturated rings. The zero-order valence-corrected chi connectivity index (χ0v) is 17.7. The molecule has 4 rings (SSSR count). The maximum Gasteiger partial charge on any atom is 0.322 e. The molecule has 0 saturated carbocycles. The maximum absolute atomic E-state index is 12.9. The van der Waals surface area contributed by atoms with E-state index in [1.165, 1.54) is 0 Å². The molecule has 8 heteroatoms.